The summed E-state index contributed by atoms with van der Waals surface area (Å²) in [5.74, 6) is -3.98. The maximum absolute atomic E-state index is 13.0. The zero-order valence-electron chi connectivity index (χ0n) is 20.0. The minimum absolute atomic E-state index is 0.141. The molecule has 3 amide bonds. The van der Waals surface area contributed by atoms with Gasteiger partial charge in [-0.3, -0.25) is 19.2 Å². The maximum Gasteiger partial charge on any atom is 0.326 e. The van der Waals surface area contributed by atoms with Crippen LogP contribution >= 0.6 is 11.8 Å². The van der Waals surface area contributed by atoms with Gasteiger partial charge in [0.2, 0.25) is 17.7 Å². The largest absolute Gasteiger partial charge is 0.481 e. The molecular weight excluding hydrogens is 466 g/mol. The number of thioether (sulfide) groups is 1. The van der Waals surface area contributed by atoms with E-state index in [-0.39, 0.29) is 18.8 Å². The van der Waals surface area contributed by atoms with Crippen LogP contribution in [0.2, 0.25) is 0 Å². The number of nitrogens with two attached hydrogens (primary N) is 2. The highest BCUT2D eigenvalue weighted by Crippen LogP contribution is 2.08. The van der Waals surface area contributed by atoms with E-state index in [9.17, 15) is 29.1 Å². The normalized spacial score (nSPS) is 14.5. The molecule has 0 fully saturated rings. The molecule has 0 aliphatic heterocycles. The average Bonchev–Trinajstić information content (AvgIpc) is 2.77. The predicted octanol–water partition coefficient (Wildman–Crippen LogP) is -0.744. The fraction of sp³-hybridized carbons (Fsp3) is 0.762. The molecule has 0 saturated carbocycles. The summed E-state index contributed by atoms with van der Waals surface area (Å²) in [4.78, 5) is 60.4. The summed E-state index contributed by atoms with van der Waals surface area (Å²) in [6, 6.07) is -4.25. The van der Waals surface area contributed by atoms with Gasteiger partial charge in [-0.05, 0) is 56.6 Å². The molecule has 9 N–H and O–H groups in total. The number of hydrogen-bond acceptors (Lipinski definition) is 8. The number of rotatable bonds is 18. The van der Waals surface area contributed by atoms with E-state index in [1.807, 2.05) is 6.26 Å². The molecule has 0 aromatic heterocycles. The van der Waals surface area contributed by atoms with Crippen molar-refractivity contribution in [2.75, 3.05) is 18.6 Å². The molecule has 0 heterocycles. The molecule has 13 heteroatoms. The lowest BCUT2D eigenvalue weighted by molar-refractivity contribution is -0.143. The van der Waals surface area contributed by atoms with Crippen LogP contribution in [0.1, 0.15) is 52.4 Å². The van der Waals surface area contributed by atoms with Crippen molar-refractivity contribution in [3.05, 3.63) is 0 Å². The van der Waals surface area contributed by atoms with Gasteiger partial charge in [0, 0.05) is 6.42 Å². The molecule has 34 heavy (non-hydrogen) atoms. The molecule has 0 radical (unpaired) electrons. The fourth-order valence-corrected chi connectivity index (χ4v) is 3.38. The van der Waals surface area contributed by atoms with Crippen LogP contribution in [0.25, 0.3) is 0 Å². The number of hydrogen-bond donors (Lipinski definition) is 7. The highest BCUT2D eigenvalue weighted by atomic mass is 32.2. The number of nitrogens with one attached hydrogen (secondary N) is 3. The van der Waals surface area contributed by atoms with Crippen LogP contribution in [0.15, 0.2) is 0 Å². The van der Waals surface area contributed by atoms with Gasteiger partial charge in [0.15, 0.2) is 0 Å². The van der Waals surface area contributed by atoms with Crippen molar-refractivity contribution in [1.82, 2.24) is 16.0 Å². The van der Waals surface area contributed by atoms with E-state index in [0.717, 1.165) is 0 Å². The Hall–Kier alpha value is -2.38. The van der Waals surface area contributed by atoms with Gasteiger partial charge >= 0.3 is 11.9 Å². The average molecular weight is 506 g/mol. The molecule has 0 spiro atoms. The number of carbonyl (C=O) groups is 5. The highest BCUT2D eigenvalue weighted by Gasteiger charge is 2.30. The second-order valence-corrected chi connectivity index (χ2v) is 9.28. The van der Waals surface area contributed by atoms with E-state index >= 15 is 0 Å². The Balaban J connectivity index is 5.48. The molecule has 0 aliphatic carbocycles. The van der Waals surface area contributed by atoms with Gasteiger partial charge in [0.25, 0.3) is 0 Å². The number of carbonyl (C=O) groups excluding carboxylic acids is 3. The third-order valence-electron chi connectivity index (χ3n) is 5.11. The van der Waals surface area contributed by atoms with Crippen LogP contribution in [-0.2, 0) is 24.0 Å². The summed E-state index contributed by atoms with van der Waals surface area (Å²) >= 11 is 1.48. The van der Waals surface area contributed by atoms with Crippen molar-refractivity contribution in [3.63, 3.8) is 0 Å². The van der Waals surface area contributed by atoms with Gasteiger partial charge in [0.1, 0.15) is 18.1 Å². The van der Waals surface area contributed by atoms with Crippen molar-refractivity contribution in [1.29, 1.82) is 0 Å². The van der Waals surface area contributed by atoms with Gasteiger partial charge in [-0.1, -0.05) is 13.8 Å². The first-order valence-electron chi connectivity index (χ1n) is 11.2. The zero-order chi connectivity index (χ0) is 26.3. The Morgan fingerprint density at radius 1 is 0.824 bits per heavy atom. The highest BCUT2D eigenvalue weighted by molar-refractivity contribution is 7.98. The molecule has 0 aliphatic rings. The van der Waals surface area contributed by atoms with Gasteiger partial charge < -0.3 is 37.6 Å². The first-order chi connectivity index (χ1) is 15.9. The minimum Gasteiger partial charge on any atom is -0.481 e. The van der Waals surface area contributed by atoms with Crippen LogP contribution in [-0.4, -0.2) is 82.6 Å². The third-order valence-corrected chi connectivity index (χ3v) is 5.75. The zero-order valence-corrected chi connectivity index (χ0v) is 20.9. The second kappa shape index (κ2) is 17.1. The van der Waals surface area contributed by atoms with Gasteiger partial charge in [0.05, 0.1) is 6.04 Å². The smallest absolute Gasteiger partial charge is 0.326 e. The molecule has 4 atom stereocenters. The SMILES string of the molecule is CSCCC(NC(=O)C(N)C(C)C)C(=O)NC(CCCCN)C(=O)NC(CCC(=O)O)C(=O)O. The summed E-state index contributed by atoms with van der Waals surface area (Å²) < 4.78 is 0. The first-order valence-corrected chi connectivity index (χ1v) is 12.6. The van der Waals surface area contributed by atoms with Crippen LogP contribution in [0, 0.1) is 5.92 Å². The minimum atomic E-state index is -1.42. The molecule has 4 unspecified atom stereocenters. The van der Waals surface area contributed by atoms with Gasteiger partial charge in [-0.25, -0.2) is 4.79 Å². The summed E-state index contributed by atoms with van der Waals surface area (Å²) in [5, 5.41) is 25.7. The molecule has 196 valence electrons. The van der Waals surface area contributed by atoms with Crippen LogP contribution in [0.4, 0.5) is 0 Å². The Morgan fingerprint density at radius 3 is 1.82 bits per heavy atom. The molecule has 0 aromatic carbocycles. The summed E-state index contributed by atoms with van der Waals surface area (Å²) in [5.41, 5.74) is 11.4. The lowest BCUT2D eigenvalue weighted by Crippen LogP contribution is -2.57. The van der Waals surface area contributed by atoms with Crippen LogP contribution < -0.4 is 27.4 Å². The van der Waals surface area contributed by atoms with Gasteiger partial charge in [-0.2, -0.15) is 11.8 Å². The van der Waals surface area contributed by atoms with E-state index in [1.165, 1.54) is 11.8 Å². The summed E-state index contributed by atoms with van der Waals surface area (Å²) in [7, 11) is 0. The van der Waals surface area contributed by atoms with E-state index in [2.05, 4.69) is 16.0 Å². The molecule has 0 rings (SSSR count). The Morgan fingerprint density at radius 2 is 1.35 bits per heavy atom. The monoisotopic (exact) mass is 505 g/mol. The Kier molecular flexibility index (Phi) is 15.9. The van der Waals surface area contributed by atoms with Gasteiger partial charge in [-0.15, -0.1) is 0 Å². The van der Waals surface area contributed by atoms with Crippen molar-refractivity contribution in [2.24, 2.45) is 17.4 Å². The van der Waals surface area contributed by atoms with Crippen molar-refractivity contribution >= 4 is 41.4 Å². The fourth-order valence-electron chi connectivity index (χ4n) is 2.91. The number of unbranched alkanes of at least 4 members (excludes halogenated alkanes) is 1. The standard InChI is InChI=1S/C21H39N5O7S/c1-12(2)17(23)20(31)25-14(9-11-34-3)19(30)24-13(6-4-5-10-22)18(29)26-15(21(32)33)7-8-16(27)28/h12-15,17H,4-11,22-23H2,1-3H3,(H,24,30)(H,25,31)(H,26,29)(H,27,28)(H,32,33). The van der Waals surface area contributed by atoms with Crippen molar-refractivity contribution in [3.8, 4) is 0 Å². The van der Waals surface area contributed by atoms with Crippen LogP contribution in [0.5, 0.6) is 0 Å². The quantitative estimate of drug-likeness (QED) is 0.116. The maximum atomic E-state index is 13.0. The number of aliphatic carboxylic acids is 2. The molecule has 0 saturated heterocycles. The number of amides is 3. The molecule has 0 aromatic rings. The summed E-state index contributed by atoms with van der Waals surface area (Å²) in [6.07, 6.45) is 2.66. The second-order valence-electron chi connectivity index (χ2n) is 8.29. The lowest BCUT2D eigenvalue weighted by Gasteiger charge is -2.25. The Bertz CT molecular complexity index is 692. The summed E-state index contributed by atoms with van der Waals surface area (Å²) in [6.45, 7) is 3.93. The third kappa shape index (κ3) is 12.8. The number of carboxylic acid groups (broad SMARTS) is 2. The molecule has 12 nitrogen and oxygen atoms in total. The van der Waals surface area contributed by atoms with Crippen LogP contribution in [0.3, 0.4) is 0 Å². The lowest BCUT2D eigenvalue weighted by atomic mass is 10.0. The topological polar surface area (TPSA) is 214 Å². The van der Waals surface area contributed by atoms with E-state index in [0.29, 0.717) is 31.6 Å². The van der Waals surface area contributed by atoms with E-state index < -0.39 is 60.2 Å². The van der Waals surface area contributed by atoms with Crippen molar-refractivity contribution < 1.29 is 34.2 Å². The van der Waals surface area contributed by atoms with E-state index in [1.54, 1.807) is 13.8 Å². The van der Waals surface area contributed by atoms with E-state index in [4.69, 9.17) is 16.6 Å². The predicted molar refractivity (Wildman–Crippen MR) is 129 cm³/mol. The Labute approximate surface area is 204 Å². The molecule has 0 bridgehead atoms. The number of carboxylic acids is 2. The molecular formula is C21H39N5O7S. The first kappa shape index (κ1) is 31.6. The van der Waals surface area contributed by atoms with Crippen molar-refractivity contribution in [2.45, 2.75) is 76.5 Å².